The van der Waals surface area contributed by atoms with Crippen molar-refractivity contribution in [2.75, 3.05) is 13.2 Å². The molecule has 1 fully saturated rings. The minimum absolute atomic E-state index is 0.107. The van der Waals surface area contributed by atoms with Gasteiger partial charge in [-0.3, -0.25) is 0 Å². The molecule has 0 aromatic carbocycles. The summed E-state index contributed by atoms with van der Waals surface area (Å²) in [7, 11) is 0. The number of aliphatic hydroxyl groups is 3. The quantitative estimate of drug-likeness (QED) is 0.595. The molecular formula is C11H22O6. The van der Waals surface area contributed by atoms with Gasteiger partial charge in [0.2, 0.25) is 0 Å². The molecule has 0 spiro atoms. The van der Waals surface area contributed by atoms with Crippen LogP contribution in [0.5, 0.6) is 0 Å². The van der Waals surface area contributed by atoms with Gasteiger partial charge in [0.05, 0.1) is 12.7 Å². The van der Waals surface area contributed by atoms with E-state index in [1.807, 2.05) is 13.8 Å². The van der Waals surface area contributed by atoms with Crippen molar-refractivity contribution in [3.8, 4) is 0 Å². The Morgan fingerprint density at radius 1 is 1.24 bits per heavy atom. The Labute approximate surface area is 101 Å². The number of aliphatic hydroxyl groups excluding tert-OH is 3. The van der Waals surface area contributed by atoms with Crippen LogP contribution in [0.1, 0.15) is 20.8 Å². The molecule has 0 aliphatic carbocycles. The van der Waals surface area contributed by atoms with Gasteiger partial charge in [-0.1, -0.05) is 0 Å². The molecule has 0 radical (unpaired) electrons. The second-order valence-corrected chi connectivity index (χ2v) is 4.31. The molecule has 0 bridgehead atoms. The highest BCUT2D eigenvalue weighted by Gasteiger charge is 2.45. The Bertz CT molecular complexity index is 222. The minimum Gasteiger partial charge on any atom is -0.394 e. The van der Waals surface area contributed by atoms with Gasteiger partial charge in [0, 0.05) is 6.61 Å². The summed E-state index contributed by atoms with van der Waals surface area (Å²) in [6.07, 6.45) is -4.81. The van der Waals surface area contributed by atoms with Crippen molar-refractivity contribution in [3.05, 3.63) is 0 Å². The molecule has 1 saturated heterocycles. The maximum Gasteiger partial charge on any atom is 0.187 e. The molecule has 1 aliphatic rings. The van der Waals surface area contributed by atoms with Crippen LogP contribution >= 0.6 is 0 Å². The number of rotatable bonds is 5. The zero-order valence-electron chi connectivity index (χ0n) is 10.4. The summed E-state index contributed by atoms with van der Waals surface area (Å²) >= 11 is 0. The lowest BCUT2D eigenvalue weighted by Crippen LogP contribution is -2.60. The topological polar surface area (TPSA) is 88.4 Å². The first-order valence-electron chi connectivity index (χ1n) is 5.90. The van der Waals surface area contributed by atoms with Crippen molar-refractivity contribution in [1.82, 2.24) is 0 Å². The van der Waals surface area contributed by atoms with Crippen molar-refractivity contribution >= 4 is 0 Å². The lowest BCUT2D eigenvalue weighted by atomic mass is 9.99. The van der Waals surface area contributed by atoms with Crippen LogP contribution in [0.3, 0.4) is 0 Å². The fraction of sp³-hybridized carbons (Fsp3) is 1.00. The Morgan fingerprint density at radius 2 is 1.88 bits per heavy atom. The van der Waals surface area contributed by atoms with E-state index in [-0.39, 0.29) is 12.7 Å². The Hall–Kier alpha value is -0.240. The molecular weight excluding hydrogens is 228 g/mol. The second kappa shape index (κ2) is 6.63. The first kappa shape index (κ1) is 14.8. The van der Waals surface area contributed by atoms with Crippen LogP contribution in [0.25, 0.3) is 0 Å². The predicted molar refractivity (Wildman–Crippen MR) is 59.4 cm³/mol. The van der Waals surface area contributed by atoms with E-state index < -0.39 is 30.7 Å². The number of hydrogen-bond acceptors (Lipinski definition) is 6. The maximum absolute atomic E-state index is 9.91. The van der Waals surface area contributed by atoms with Crippen molar-refractivity contribution in [3.63, 3.8) is 0 Å². The van der Waals surface area contributed by atoms with Crippen LogP contribution in [0.2, 0.25) is 0 Å². The summed E-state index contributed by atoms with van der Waals surface area (Å²) in [5.74, 6) is 0. The van der Waals surface area contributed by atoms with Gasteiger partial charge in [-0.05, 0) is 20.8 Å². The first-order valence-corrected chi connectivity index (χ1v) is 5.90. The molecule has 5 atom stereocenters. The van der Waals surface area contributed by atoms with Crippen LogP contribution < -0.4 is 0 Å². The molecule has 1 aliphatic heterocycles. The molecule has 102 valence electrons. The van der Waals surface area contributed by atoms with Crippen LogP contribution in [-0.2, 0) is 14.2 Å². The second-order valence-electron chi connectivity index (χ2n) is 4.31. The van der Waals surface area contributed by atoms with Crippen molar-refractivity contribution in [2.45, 2.75) is 57.6 Å². The van der Waals surface area contributed by atoms with Gasteiger partial charge in [-0.25, -0.2) is 0 Å². The molecule has 0 amide bonds. The average molecular weight is 250 g/mol. The van der Waals surface area contributed by atoms with Gasteiger partial charge in [-0.15, -0.1) is 0 Å². The lowest BCUT2D eigenvalue weighted by Gasteiger charge is -2.42. The van der Waals surface area contributed by atoms with Crippen LogP contribution in [0.4, 0.5) is 0 Å². The fourth-order valence-electron chi connectivity index (χ4n) is 1.80. The summed E-state index contributed by atoms with van der Waals surface area (Å²) in [5, 5.41) is 28.7. The summed E-state index contributed by atoms with van der Waals surface area (Å²) in [6, 6.07) is 0. The number of ether oxygens (including phenoxy) is 3. The van der Waals surface area contributed by atoms with E-state index in [9.17, 15) is 10.2 Å². The molecule has 6 heteroatoms. The molecule has 3 N–H and O–H groups in total. The van der Waals surface area contributed by atoms with E-state index in [1.54, 1.807) is 6.92 Å². The van der Waals surface area contributed by atoms with Gasteiger partial charge in [0.1, 0.15) is 24.4 Å². The zero-order chi connectivity index (χ0) is 13.0. The van der Waals surface area contributed by atoms with Crippen molar-refractivity contribution < 1.29 is 29.5 Å². The lowest BCUT2D eigenvalue weighted by molar-refractivity contribution is -0.316. The smallest absolute Gasteiger partial charge is 0.187 e. The zero-order valence-corrected chi connectivity index (χ0v) is 10.4. The molecule has 1 rings (SSSR count). The predicted octanol–water partition coefficient (Wildman–Crippen LogP) is -0.744. The normalized spacial score (nSPS) is 38.6. The summed E-state index contributed by atoms with van der Waals surface area (Å²) in [5.41, 5.74) is 0. The van der Waals surface area contributed by atoms with E-state index in [0.717, 1.165) is 0 Å². The summed E-state index contributed by atoms with van der Waals surface area (Å²) in [4.78, 5) is 0. The highest BCUT2D eigenvalue weighted by atomic mass is 16.7. The van der Waals surface area contributed by atoms with E-state index in [2.05, 4.69) is 0 Å². The Kier molecular flexibility index (Phi) is 5.78. The van der Waals surface area contributed by atoms with Gasteiger partial charge in [0.25, 0.3) is 0 Å². The highest BCUT2D eigenvalue weighted by Crippen LogP contribution is 2.25. The monoisotopic (exact) mass is 250 g/mol. The molecule has 0 unspecified atom stereocenters. The third-order valence-electron chi connectivity index (χ3n) is 2.59. The van der Waals surface area contributed by atoms with Crippen LogP contribution in [-0.4, -0.2) is 65.3 Å². The van der Waals surface area contributed by atoms with E-state index in [0.29, 0.717) is 6.61 Å². The molecule has 17 heavy (non-hydrogen) atoms. The minimum atomic E-state index is -1.18. The molecule has 0 aromatic heterocycles. The Balaban J connectivity index is 2.75. The van der Waals surface area contributed by atoms with E-state index >= 15 is 0 Å². The Morgan fingerprint density at radius 3 is 2.35 bits per heavy atom. The third kappa shape index (κ3) is 3.61. The average Bonchev–Trinajstić information content (AvgIpc) is 2.27. The molecule has 1 heterocycles. The number of hydrogen-bond donors (Lipinski definition) is 3. The largest absolute Gasteiger partial charge is 0.394 e. The first-order chi connectivity index (χ1) is 8.01. The van der Waals surface area contributed by atoms with E-state index in [4.69, 9.17) is 19.3 Å². The summed E-state index contributed by atoms with van der Waals surface area (Å²) < 4.78 is 16.2. The van der Waals surface area contributed by atoms with Crippen molar-refractivity contribution in [2.24, 2.45) is 0 Å². The van der Waals surface area contributed by atoms with E-state index in [1.165, 1.54) is 0 Å². The molecule has 6 nitrogen and oxygen atoms in total. The third-order valence-corrected chi connectivity index (χ3v) is 2.59. The summed E-state index contributed by atoms with van der Waals surface area (Å²) in [6.45, 7) is 5.44. The molecule has 0 saturated carbocycles. The van der Waals surface area contributed by atoms with Gasteiger partial charge >= 0.3 is 0 Å². The van der Waals surface area contributed by atoms with Crippen molar-refractivity contribution in [1.29, 1.82) is 0 Å². The van der Waals surface area contributed by atoms with Crippen LogP contribution in [0.15, 0.2) is 0 Å². The van der Waals surface area contributed by atoms with Crippen LogP contribution in [0, 0.1) is 0 Å². The van der Waals surface area contributed by atoms with Gasteiger partial charge in [0.15, 0.2) is 6.29 Å². The highest BCUT2D eigenvalue weighted by molar-refractivity contribution is 4.90. The molecule has 0 aromatic rings. The SMILES string of the molecule is CCO[C@@H]1[C@@H](OC(C)C)O[C@@H](CO)[C@H](O)[C@H]1O. The maximum atomic E-state index is 9.91. The van der Waals surface area contributed by atoms with Gasteiger partial charge in [-0.2, -0.15) is 0 Å². The standard InChI is InChI=1S/C11H22O6/c1-4-15-10-9(14)8(13)7(5-12)17-11(10)16-6(2)3/h6-14H,4-5H2,1-3H3/t7-,8-,9+,10-,11-/m0/s1. The fourth-order valence-corrected chi connectivity index (χ4v) is 1.80. The van der Waals surface area contributed by atoms with Gasteiger partial charge < -0.3 is 29.5 Å².